The number of aliphatic carboxylic acids is 1. The van der Waals surface area contributed by atoms with Gasteiger partial charge in [0.05, 0.1) is 10.8 Å². The van der Waals surface area contributed by atoms with E-state index in [1.807, 2.05) is 0 Å². The zero-order valence-electron chi connectivity index (χ0n) is 9.22. The molecule has 2 nitrogen and oxygen atoms in total. The second-order valence-corrected chi connectivity index (χ2v) is 4.45. The van der Waals surface area contributed by atoms with Gasteiger partial charge in [0.25, 0.3) is 0 Å². The van der Waals surface area contributed by atoms with Crippen LogP contribution in [0, 0.1) is 0 Å². The third kappa shape index (κ3) is 11.7. The van der Waals surface area contributed by atoms with Crippen molar-refractivity contribution in [3.63, 3.8) is 0 Å². The van der Waals surface area contributed by atoms with Crippen LogP contribution in [0.3, 0.4) is 0 Å². The standard InChI is InChI=1S/C10H19BrO2.K/c1-2-3-4-5-6-7-8-9(11)10(12)13;/h9H,2-8H2,1H3,(H,12,13);/q;+1/p-1. The number of carboxylic acids is 1. The summed E-state index contributed by atoms with van der Waals surface area (Å²) < 4.78 is 0. The van der Waals surface area contributed by atoms with E-state index in [4.69, 9.17) is 0 Å². The number of rotatable bonds is 8. The molecule has 0 saturated heterocycles. The Labute approximate surface area is 138 Å². The van der Waals surface area contributed by atoms with E-state index < -0.39 is 10.8 Å². The van der Waals surface area contributed by atoms with Gasteiger partial charge in [0.15, 0.2) is 0 Å². The van der Waals surface area contributed by atoms with Crippen molar-refractivity contribution in [3.8, 4) is 0 Å². The summed E-state index contributed by atoms with van der Waals surface area (Å²) in [5.41, 5.74) is 0. The molecule has 4 heteroatoms. The second-order valence-electron chi connectivity index (χ2n) is 3.34. The maximum atomic E-state index is 10.3. The molecule has 0 radical (unpaired) electrons. The van der Waals surface area contributed by atoms with Gasteiger partial charge in [-0.2, -0.15) is 0 Å². The van der Waals surface area contributed by atoms with Crippen LogP contribution in [-0.4, -0.2) is 10.8 Å². The Morgan fingerprint density at radius 2 is 1.71 bits per heavy atom. The Kier molecular flexibility index (Phi) is 16.2. The van der Waals surface area contributed by atoms with Crippen molar-refractivity contribution < 1.29 is 61.3 Å². The molecule has 0 N–H and O–H groups in total. The zero-order valence-corrected chi connectivity index (χ0v) is 13.9. The molecule has 0 aromatic carbocycles. The summed E-state index contributed by atoms with van der Waals surface area (Å²) in [6.07, 6.45) is 7.84. The van der Waals surface area contributed by atoms with Gasteiger partial charge in [-0.1, -0.05) is 61.4 Å². The number of halogens is 1. The largest absolute Gasteiger partial charge is 1.00 e. The van der Waals surface area contributed by atoms with Crippen molar-refractivity contribution in [3.05, 3.63) is 0 Å². The van der Waals surface area contributed by atoms with E-state index in [1.165, 1.54) is 25.7 Å². The molecule has 0 aliphatic carbocycles. The van der Waals surface area contributed by atoms with Crippen LogP contribution in [0.1, 0.15) is 51.9 Å². The van der Waals surface area contributed by atoms with Crippen molar-refractivity contribution >= 4 is 21.9 Å². The number of carboxylic acid groups (broad SMARTS) is 1. The van der Waals surface area contributed by atoms with Crippen molar-refractivity contribution in [1.29, 1.82) is 0 Å². The fourth-order valence-electron chi connectivity index (χ4n) is 1.22. The SMILES string of the molecule is CCCCCCCCC(Br)C(=O)[O-].[K+]. The van der Waals surface area contributed by atoms with Crippen LogP contribution < -0.4 is 56.5 Å². The Balaban J connectivity index is 0. The Morgan fingerprint density at radius 3 is 2.21 bits per heavy atom. The number of carbonyl (C=O) groups is 1. The quantitative estimate of drug-likeness (QED) is 0.335. The normalized spacial score (nSPS) is 11.9. The van der Waals surface area contributed by atoms with Crippen LogP contribution in [0.2, 0.25) is 0 Å². The molecule has 0 aromatic heterocycles. The topological polar surface area (TPSA) is 40.1 Å². The number of unbranched alkanes of at least 4 members (excludes halogenated alkanes) is 5. The maximum absolute atomic E-state index is 10.3. The van der Waals surface area contributed by atoms with Gasteiger partial charge in [0.2, 0.25) is 0 Å². The molecule has 0 bridgehead atoms. The first-order chi connectivity index (χ1) is 6.18. The number of carbonyl (C=O) groups excluding carboxylic acids is 1. The third-order valence-electron chi connectivity index (χ3n) is 2.07. The van der Waals surface area contributed by atoms with Gasteiger partial charge in [0, 0.05) is 0 Å². The molecule has 1 atom stereocenters. The van der Waals surface area contributed by atoms with Gasteiger partial charge in [-0.3, -0.25) is 0 Å². The van der Waals surface area contributed by atoms with Gasteiger partial charge < -0.3 is 9.90 Å². The fraction of sp³-hybridized carbons (Fsp3) is 0.900. The summed E-state index contributed by atoms with van der Waals surface area (Å²) >= 11 is 3.06. The first kappa shape index (κ1) is 18.0. The summed E-state index contributed by atoms with van der Waals surface area (Å²) in [7, 11) is 0. The molecule has 14 heavy (non-hydrogen) atoms. The van der Waals surface area contributed by atoms with Crippen LogP contribution in [0.15, 0.2) is 0 Å². The van der Waals surface area contributed by atoms with E-state index in [2.05, 4.69) is 22.9 Å². The van der Waals surface area contributed by atoms with E-state index in [-0.39, 0.29) is 51.4 Å². The minimum Gasteiger partial charge on any atom is -0.549 e. The molecule has 0 spiro atoms. The predicted octanol–water partition coefficient (Wildman–Crippen LogP) is -0.746. The Morgan fingerprint density at radius 1 is 1.21 bits per heavy atom. The van der Waals surface area contributed by atoms with Crippen LogP contribution in [0.5, 0.6) is 0 Å². The van der Waals surface area contributed by atoms with Gasteiger partial charge in [-0.15, -0.1) is 0 Å². The molecule has 0 amide bonds. The minimum absolute atomic E-state index is 0. The number of hydrogen-bond donors (Lipinski definition) is 0. The number of hydrogen-bond acceptors (Lipinski definition) is 2. The summed E-state index contributed by atoms with van der Waals surface area (Å²) in [5, 5.41) is 10.3. The smallest absolute Gasteiger partial charge is 0.549 e. The molecular formula is C10H18BrKO2. The van der Waals surface area contributed by atoms with Crippen molar-refractivity contribution in [2.75, 3.05) is 0 Å². The van der Waals surface area contributed by atoms with Crippen molar-refractivity contribution in [2.24, 2.45) is 0 Å². The summed E-state index contributed by atoms with van der Waals surface area (Å²) in [6.45, 7) is 2.19. The fourth-order valence-corrected chi connectivity index (χ4v) is 1.55. The van der Waals surface area contributed by atoms with E-state index in [0.29, 0.717) is 6.42 Å². The molecule has 78 valence electrons. The van der Waals surface area contributed by atoms with E-state index in [9.17, 15) is 9.90 Å². The van der Waals surface area contributed by atoms with Crippen LogP contribution >= 0.6 is 15.9 Å². The molecule has 0 heterocycles. The second kappa shape index (κ2) is 12.7. The summed E-state index contributed by atoms with van der Waals surface area (Å²) in [6, 6.07) is 0. The summed E-state index contributed by atoms with van der Waals surface area (Å²) in [4.78, 5) is 9.85. The maximum Gasteiger partial charge on any atom is 1.00 e. The summed E-state index contributed by atoms with van der Waals surface area (Å²) in [5.74, 6) is -0.992. The Bertz CT molecular complexity index is 142. The van der Waals surface area contributed by atoms with E-state index in [1.54, 1.807) is 0 Å². The van der Waals surface area contributed by atoms with E-state index >= 15 is 0 Å². The molecule has 0 aliphatic heterocycles. The molecule has 0 aliphatic rings. The first-order valence-electron chi connectivity index (χ1n) is 5.03. The van der Waals surface area contributed by atoms with Crippen LogP contribution in [0.25, 0.3) is 0 Å². The average molecular weight is 289 g/mol. The molecule has 0 rings (SSSR count). The zero-order chi connectivity index (χ0) is 10.1. The van der Waals surface area contributed by atoms with Gasteiger partial charge in [-0.25, -0.2) is 0 Å². The molecule has 0 saturated carbocycles. The van der Waals surface area contributed by atoms with Crippen molar-refractivity contribution in [2.45, 2.75) is 56.7 Å². The average Bonchev–Trinajstić information content (AvgIpc) is 2.10. The predicted molar refractivity (Wildman–Crippen MR) is 55.7 cm³/mol. The first-order valence-corrected chi connectivity index (χ1v) is 5.95. The molecular weight excluding hydrogens is 271 g/mol. The van der Waals surface area contributed by atoms with Crippen LogP contribution in [0.4, 0.5) is 0 Å². The Hall–Kier alpha value is 1.59. The van der Waals surface area contributed by atoms with Gasteiger partial charge in [-0.05, 0) is 6.42 Å². The van der Waals surface area contributed by atoms with Crippen LogP contribution in [-0.2, 0) is 4.79 Å². The molecule has 0 aromatic rings. The van der Waals surface area contributed by atoms with Gasteiger partial charge >= 0.3 is 51.4 Å². The molecule has 1 unspecified atom stereocenters. The third-order valence-corrected chi connectivity index (χ3v) is 2.90. The number of alkyl halides is 1. The monoisotopic (exact) mass is 288 g/mol. The molecule has 0 fully saturated rings. The van der Waals surface area contributed by atoms with Gasteiger partial charge in [0.1, 0.15) is 0 Å². The van der Waals surface area contributed by atoms with Crippen molar-refractivity contribution in [1.82, 2.24) is 0 Å². The minimum atomic E-state index is -0.992. The van der Waals surface area contributed by atoms with E-state index in [0.717, 1.165) is 12.8 Å².